The van der Waals surface area contributed by atoms with E-state index >= 15 is 0 Å². The van der Waals surface area contributed by atoms with Crippen molar-refractivity contribution in [1.82, 2.24) is 9.80 Å². The lowest BCUT2D eigenvalue weighted by Crippen LogP contribution is -2.59. The number of carbonyl (C=O) groups is 2. The molecule has 7 nitrogen and oxygen atoms in total. The molecular weight excluding hydrogens is 568 g/mol. The summed E-state index contributed by atoms with van der Waals surface area (Å²) in [4.78, 5) is 35.2. The Balaban J connectivity index is 1.39. The number of nitriles is 1. The molecule has 0 aliphatic carbocycles. The Bertz CT molecular complexity index is 1580. The van der Waals surface area contributed by atoms with Gasteiger partial charge in [-0.3, -0.25) is 9.69 Å². The van der Waals surface area contributed by atoms with Crippen LogP contribution in [-0.4, -0.2) is 58.7 Å². The van der Waals surface area contributed by atoms with Crippen LogP contribution in [0.15, 0.2) is 120 Å². The van der Waals surface area contributed by atoms with Crippen molar-refractivity contribution >= 4 is 35.2 Å². The Kier molecular flexibility index (Phi) is 10.5. The summed E-state index contributed by atoms with van der Waals surface area (Å²) < 4.78 is 5.59. The van der Waals surface area contributed by atoms with E-state index in [0.29, 0.717) is 23.4 Å². The molecule has 1 aliphatic rings. The summed E-state index contributed by atoms with van der Waals surface area (Å²) in [5.41, 5.74) is 4.99. The fourth-order valence-electron chi connectivity index (χ4n) is 5.30. The van der Waals surface area contributed by atoms with E-state index in [-0.39, 0.29) is 25.6 Å². The maximum absolute atomic E-state index is 13.9. The third-order valence-electron chi connectivity index (χ3n) is 7.52. The smallest absolute Gasteiger partial charge is 0.410 e. The van der Waals surface area contributed by atoms with E-state index in [4.69, 9.17) is 9.73 Å². The summed E-state index contributed by atoms with van der Waals surface area (Å²) >= 11 is 1.61. The number of benzene rings is 4. The molecular formula is C36H34N4O3S. The fourth-order valence-corrected chi connectivity index (χ4v) is 5.76. The fraction of sp³-hybridized carbons (Fsp3) is 0.222. The van der Waals surface area contributed by atoms with Gasteiger partial charge in [0.1, 0.15) is 18.7 Å². The van der Waals surface area contributed by atoms with Gasteiger partial charge in [0, 0.05) is 24.2 Å². The Labute approximate surface area is 262 Å². The summed E-state index contributed by atoms with van der Waals surface area (Å²) in [6.45, 7) is 0.631. The lowest BCUT2D eigenvalue weighted by Gasteiger charge is -2.41. The van der Waals surface area contributed by atoms with Gasteiger partial charge in [0.05, 0.1) is 17.5 Å². The summed E-state index contributed by atoms with van der Waals surface area (Å²) in [6.07, 6.45) is 1.91. The second-order valence-electron chi connectivity index (χ2n) is 10.4. The summed E-state index contributed by atoms with van der Waals surface area (Å²) in [7, 11) is 0. The second kappa shape index (κ2) is 15.0. The minimum atomic E-state index is -0.825. The summed E-state index contributed by atoms with van der Waals surface area (Å²) in [5.74, 6) is 0.437. The van der Waals surface area contributed by atoms with E-state index in [2.05, 4.69) is 6.07 Å². The molecule has 8 heteroatoms. The van der Waals surface area contributed by atoms with Crippen molar-refractivity contribution < 1.29 is 14.3 Å². The number of piperazine rings is 1. The Morgan fingerprint density at radius 1 is 0.932 bits per heavy atom. The number of amides is 2. The number of thioether (sulfide) groups is 1. The van der Waals surface area contributed by atoms with Crippen LogP contribution in [0, 0.1) is 11.3 Å². The second-order valence-corrected chi connectivity index (χ2v) is 11.4. The molecule has 1 unspecified atom stereocenters. The van der Waals surface area contributed by atoms with Crippen LogP contribution in [0.3, 0.4) is 0 Å². The van der Waals surface area contributed by atoms with Gasteiger partial charge >= 0.3 is 6.09 Å². The maximum atomic E-state index is 13.9. The topological polar surface area (TPSA) is 86.0 Å². The third kappa shape index (κ3) is 7.36. The van der Waals surface area contributed by atoms with E-state index in [1.807, 2.05) is 122 Å². The third-order valence-corrected chi connectivity index (χ3v) is 8.16. The van der Waals surface area contributed by atoms with E-state index in [9.17, 15) is 14.9 Å². The normalized spacial score (nSPS) is 15.3. The average Bonchev–Trinajstić information content (AvgIpc) is 3.08. The molecule has 1 heterocycles. The Morgan fingerprint density at radius 3 is 2.18 bits per heavy atom. The maximum Gasteiger partial charge on any atom is 0.410 e. The predicted molar refractivity (Wildman–Crippen MR) is 175 cm³/mol. The highest BCUT2D eigenvalue weighted by Crippen LogP contribution is 2.29. The number of rotatable bonds is 10. The standard InChI is InChI=1S/C36H34N4O3S/c1-44-23-20-32-35(41)39(21-22-40(32)36(42)43-26-27-12-5-2-6-13-27)33(25-37)30-18-11-19-31(24-30)38-34(28-14-7-3-8-15-28)29-16-9-4-10-17-29/h2-19,24,32-33H,20-23,26H2,1H3/t32-,33?/m0/s1. The molecule has 4 aromatic carbocycles. The minimum absolute atomic E-state index is 0.130. The van der Waals surface area contributed by atoms with Crippen LogP contribution in [0.4, 0.5) is 10.5 Å². The van der Waals surface area contributed by atoms with E-state index in [1.54, 1.807) is 16.7 Å². The number of nitrogens with zero attached hydrogens (tertiary/aromatic N) is 4. The minimum Gasteiger partial charge on any atom is -0.445 e. The van der Waals surface area contributed by atoms with Gasteiger partial charge in [-0.05, 0) is 41.7 Å². The van der Waals surface area contributed by atoms with Crippen molar-refractivity contribution in [3.63, 3.8) is 0 Å². The first kappa shape index (κ1) is 30.6. The number of hydrogen-bond acceptors (Lipinski definition) is 6. The van der Waals surface area contributed by atoms with Crippen LogP contribution < -0.4 is 0 Å². The molecule has 222 valence electrons. The zero-order chi connectivity index (χ0) is 30.7. The molecule has 5 rings (SSSR count). The molecule has 2 atom stereocenters. The van der Waals surface area contributed by atoms with Gasteiger partial charge in [-0.15, -0.1) is 0 Å². The van der Waals surface area contributed by atoms with Crippen molar-refractivity contribution in [2.45, 2.75) is 25.1 Å². The van der Waals surface area contributed by atoms with Crippen LogP contribution in [0.5, 0.6) is 0 Å². The average molecular weight is 603 g/mol. The van der Waals surface area contributed by atoms with E-state index < -0.39 is 18.2 Å². The first-order valence-corrected chi connectivity index (χ1v) is 15.9. The highest BCUT2D eigenvalue weighted by molar-refractivity contribution is 7.98. The van der Waals surface area contributed by atoms with E-state index in [1.165, 1.54) is 4.90 Å². The van der Waals surface area contributed by atoms with Crippen molar-refractivity contribution in [2.75, 3.05) is 25.1 Å². The van der Waals surface area contributed by atoms with Crippen LogP contribution in [0.25, 0.3) is 0 Å². The first-order chi connectivity index (χ1) is 21.6. The quantitative estimate of drug-likeness (QED) is 0.182. The molecule has 0 bridgehead atoms. The number of carbonyl (C=O) groups excluding carboxylic acids is 2. The van der Waals surface area contributed by atoms with Gasteiger partial charge in [-0.25, -0.2) is 9.79 Å². The lowest BCUT2D eigenvalue weighted by atomic mass is 10.0. The number of hydrogen-bond donors (Lipinski definition) is 0. The number of aliphatic imine (C=N–C) groups is 1. The molecule has 1 saturated heterocycles. The van der Waals surface area contributed by atoms with Crippen LogP contribution in [0.1, 0.15) is 34.7 Å². The highest BCUT2D eigenvalue weighted by Gasteiger charge is 2.41. The van der Waals surface area contributed by atoms with Crippen molar-refractivity contribution in [2.24, 2.45) is 4.99 Å². The van der Waals surface area contributed by atoms with Gasteiger partial charge in [0.25, 0.3) is 0 Å². The van der Waals surface area contributed by atoms with Gasteiger partial charge in [0.15, 0.2) is 0 Å². The molecule has 1 fully saturated rings. The molecule has 0 spiro atoms. The summed E-state index contributed by atoms with van der Waals surface area (Å²) in [5, 5.41) is 10.3. The molecule has 2 amide bonds. The Hall–Kier alpha value is -4.87. The van der Waals surface area contributed by atoms with Crippen molar-refractivity contribution in [3.05, 3.63) is 138 Å². The van der Waals surface area contributed by atoms with Gasteiger partial charge < -0.3 is 9.64 Å². The molecule has 44 heavy (non-hydrogen) atoms. The zero-order valence-electron chi connectivity index (χ0n) is 24.6. The predicted octanol–water partition coefficient (Wildman–Crippen LogP) is 7.02. The largest absolute Gasteiger partial charge is 0.445 e. The molecule has 4 aromatic rings. The zero-order valence-corrected chi connectivity index (χ0v) is 25.4. The van der Waals surface area contributed by atoms with Gasteiger partial charge in [-0.2, -0.15) is 17.0 Å². The Morgan fingerprint density at radius 2 is 1.57 bits per heavy atom. The van der Waals surface area contributed by atoms with E-state index in [0.717, 1.165) is 22.4 Å². The number of ether oxygens (including phenoxy) is 1. The summed E-state index contributed by atoms with van der Waals surface area (Å²) in [6, 6.07) is 37.7. The van der Waals surface area contributed by atoms with Crippen LogP contribution in [-0.2, 0) is 16.1 Å². The van der Waals surface area contributed by atoms with Crippen molar-refractivity contribution in [1.29, 1.82) is 5.26 Å². The highest BCUT2D eigenvalue weighted by atomic mass is 32.2. The molecule has 1 aliphatic heterocycles. The molecule has 0 aromatic heterocycles. The van der Waals surface area contributed by atoms with Crippen molar-refractivity contribution in [3.8, 4) is 6.07 Å². The first-order valence-electron chi connectivity index (χ1n) is 14.5. The van der Waals surface area contributed by atoms with Gasteiger partial charge in [-0.1, -0.05) is 103 Å². The molecule has 0 radical (unpaired) electrons. The monoisotopic (exact) mass is 602 g/mol. The van der Waals surface area contributed by atoms with Crippen LogP contribution in [0.2, 0.25) is 0 Å². The SMILES string of the molecule is CSCC[C@H]1C(=O)N(C(C#N)c2cccc(N=C(c3ccccc3)c3ccccc3)c2)CCN1C(=O)OCc1ccccc1. The lowest BCUT2D eigenvalue weighted by molar-refractivity contribution is -0.142. The molecule has 0 N–H and O–H groups in total. The van der Waals surface area contributed by atoms with Crippen LogP contribution >= 0.6 is 11.8 Å². The van der Waals surface area contributed by atoms with Gasteiger partial charge in [0.2, 0.25) is 5.91 Å². The molecule has 0 saturated carbocycles.